The van der Waals surface area contributed by atoms with Crippen molar-refractivity contribution in [3.8, 4) is 0 Å². The first-order valence-corrected chi connectivity index (χ1v) is 9.19. The van der Waals surface area contributed by atoms with E-state index in [1.54, 1.807) is 12.3 Å². The molecule has 1 aliphatic heterocycles. The highest BCUT2D eigenvalue weighted by atomic mass is 19.4. The van der Waals surface area contributed by atoms with Gasteiger partial charge in [-0.3, -0.25) is 9.67 Å². The molecule has 5 nitrogen and oxygen atoms in total. The second-order valence-corrected chi connectivity index (χ2v) is 8.61. The van der Waals surface area contributed by atoms with E-state index in [2.05, 4.69) is 10.1 Å². The molecule has 2 aromatic rings. The van der Waals surface area contributed by atoms with Crippen LogP contribution in [0.1, 0.15) is 45.6 Å². The Hall–Kier alpha value is -1.61. The molecule has 0 aromatic carbocycles. The zero-order chi connectivity index (χ0) is 19.6. The van der Waals surface area contributed by atoms with Crippen molar-refractivity contribution in [1.29, 1.82) is 0 Å². The second-order valence-electron chi connectivity index (χ2n) is 8.61. The van der Waals surface area contributed by atoms with Gasteiger partial charge in [-0.25, -0.2) is 0 Å². The Kier molecular flexibility index (Phi) is 4.13. The van der Waals surface area contributed by atoms with Gasteiger partial charge in [-0.15, -0.1) is 0 Å². The summed E-state index contributed by atoms with van der Waals surface area (Å²) in [5.41, 5.74) is 1.14. The second kappa shape index (κ2) is 5.94. The normalized spacial score (nSPS) is 26.7. The van der Waals surface area contributed by atoms with Crippen LogP contribution in [0.15, 0.2) is 18.5 Å². The SMILES string of the molecule is CC1(C)OB(C[C@H]2C[C@@H]2c2cnc3cnn(CC(F)(F)F)c3c2)OC1(C)C. The molecule has 0 unspecified atom stereocenters. The Labute approximate surface area is 156 Å². The first-order chi connectivity index (χ1) is 12.5. The molecule has 0 N–H and O–H groups in total. The minimum Gasteiger partial charge on any atom is -0.403 e. The Morgan fingerprint density at radius 1 is 1.19 bits per heavy atom. The first-order valence-electron chi connectivity index (χ1n) is 9.19. The summed E-state index contributed by atoms with van der Waals surface area (Å²) in [6.07, 6.45) is 0.548. The summed E-state index contributed by atoms with van der Waals surface area (Å²) >= 11 is 0. The number of nitrogens with zero attached hydrogens (tertiary/aromatic N) is 3. The molecule has 0 spiro atoms. The predicted octanol–water partition coefficient (Wildman–Crippen LogP) is 4.19. The lowest BCUT2D eigenvalue weighted by molar-refractivity contribution is -0.141. The molecule has 146 valence electrons. The zero-order valence-electron chi connectivity index (χ0n) is 15.9. The molecule has 2 aliphatic rings. The van der Waals surface area contributed by atoms with Gasteiger partial charge in [-0.1, -0.05) is 0 Å². The van der Waals surface area contributed by atoms with Crippen LogP contribution in [0.5, 0.6) is 0 Å². The van der Waals surface area contributed by atoms with Crippen LogP contribution in [0.3, 0.4) is 0 Å². The van der Waals surface area contributed by atoms with Crippen molar-refractivity contribution in [1.82, 2.24) is 14.8 Å². The molecule has 4 rings (SSSR count). The molecular formula is C18H23BF3N3O2. The van der Waals surface area contributed by atoms with E-state index < -0.39 is 12.7 Å². The summed E-state index contributed by atoms with van der Waals surface area (Å²) in [4.78, 5) is 4.29. The molecule has 9 heteroatoms. The number of rotatable bonds is 4. The molecule has 1 saturated heterocycles. The number of halogens is 3. The average Bonchev–Trinajstić information content (AvgIpc) is 3.11. The third-order valence-electron chi connectivity index (χ3n) is 5.99. The maximum Gasteiger partial charge on any atom is 0.458 e. The van der Waals surface area contributed by atoms with Crippen molar-refractivity contribution in [2.24, 2.45) is 5.92 Å². The van der Waals surface area contributed by atoms with Gasteiger partial charge in [0, 0.05) is 6.20 Å². The van der Waals surface area contributed by atoms with E-state index in [1.165, 1.54) is 6.20 Å². The lowest BCUT2D eigenvalue weighted by atomic mass is 9.81. The summed E-state index contributed by atoms with van der Waals surface area (Å²) in [6.45, 7) is 6.99. The van der Waals surface area contributed by atoms with Gasteiger partial charge in [0.15, 0.2) is 0 Å². The van der Waals surface area contributed by atoms with Gasteiger partial charge in [-0.05, 0) is 63.9 Å². The number of pyridine rings is 1. The number of fused-ring (bicyclic) bond motifs is 1. The van der Waals surface area contributed by atoms with Gasteiger partial charge in [0.1, 0.15) is 12.1 Å². The summed E-state index contributed by atoms with van der Waals surface area (Å²) in [6, 6.07) is 1.79. The van der Waals surface area contributed by atoms with Crippen molar-refractivity contribution in [2.45, 2.75) is 70.3 Å². The van der Waals surface area contributed by atoms with Gasteiger partial charge in [-0.2, -0.15) is 18.3 Å². The summed E-state index contributed by atoms with van der Waals surface area (Å²) < 4.78 is 51.2. The number of hydrogen-bond acceptors (Lipinski definition) is 4. The van der Waals surface area contributed by atoms with Gasteiger partial charge in [0.05, 0.1) is 22.9 Å². The lowest BCUT2D eigenvalue weighted by Crippen LogP contribution is -2.41. The molecular weight excluding hydrogens is 358 g/mol. The highest BCUT2D eigenvalue weighted by molar-refractivity contribution is 6.45. The van der Waals surface area contributed by atoms with Crippen molar-refractivity contribution in [2.75, 3.05) is 0 Å². The van der Waals surface area contributed by atoms with Crippen LogP contribution >= 0.6 is 0 Å². The van der Waals surface area contributed by atoms with Gasteiger partial charge in [0.25, 0.3) is 0 Å². The van der Waals surface area contributed by atoms with Crippen molar-refractivity contribution in [3.63, 3.8) is 0 Å². The fourth-order valence-corrected chi connectivity index (χ4v) is 3.70. The molecule has 27 heavy (non-hydrogen) atoms. The van der Waals surface area contributed by atoms with Crippen molar-refractivity contribution < 1.29 is 22.5 Å². The third-order valence-corrected chi connectivity index (χ3v) is 5.99. The quantitative estimate of drug-likeness (QED) is 0.746. The van der Waals surface area contributed by atoms with Gasteiger partial charge in [0.2, 0.25) is 0 Å². The van der Waals surface area contributed by atoms with Crippen LogP contribution in [0.25, 0.3) is 11.0 Å². The minimum absolute atomic E-state index is 0.252. The maximum absolute atomic E-state index is 12.7. The number of alkyl halides is 3. The van der Waals surface area contributed by atoms with E-state index >= 15 is 0 Å². The summed E-state index contributed by atoms with van der Waals surface area (Å²) in [5, 5.41) is 3.83. The topological polar surface area (TPSA) is 49.2 Å². The van der Waals surface area contributed by atoms with E-state index in [9.17, 15) is 13.2 Å². The third kappa shape index (κ3) is 3.59. The van der Waals surface area contributed by atoms with Crippen LogP contribution in [-0.2, 0) is 15.9 Å². The highest BCUT2D eigenvalue weighted by Gasteiger charge is 2.53. The van der Waals surface area contributed by atoms with E-state index in [1.807, 2.05) is 27.7 Å². The summed E-state index contributed by atoms with van der Waals surface area (Å²) in [7, 11) is -0.252. The van der Waals surface area contributed by atoms with E-state index in [0.29, 0.717) is 17.0 Å². The molecule has 0 radical (unpaired) electrons. The monoisotopic (exact) mass is 381 g/mol. The van der Waals surface area contributed by atoms with Gasteiger partial charge < -0.3 is 9.31 Å². The number of hydrogen-bond donors (Lipinski definition) is 0. The predicted molar refractivity (Wildman–Crippen MR) is 95.3 cm³/mol. The summed E-state index contributed by atoms with van der Waals surface area (Å²) in [5.74, 6) is 0.660. The van der Waals surface area contributed by atoms with E-state index in [-0.39, 0.29) is 24.2 Å². The molecule has 2 atom stereocenters. The van der Waals surface area contributed by atoms with Gasteiger partial charge >= 0.3 is 13.3 Å². The first kappa shape index (κ1) is 18.7. The van der Waals surface area contributed by atoms with Crippen LogP contribution < -0.4 is 0 Å². The van der Waals surface area contributed by atoms with Crippen molar-refractivity contribution >= 4 is 18.2 Å². The van der Waals surface area contributed by atoms with Crippen LogP contribution in [0.2, 0.25) is 6.32 Å². The van der Waals surface area contributed by atoms with E-state index in [4.69, 9.17) is 9.31 Å². The van der Waals surface area contributed by atoms with E-state index in [0.717, 1.165) is 23.0 Å². The van der Waals surface area contributed by atoms with Crippen LogP contribution in [-0.4, -0.2) is 39.3 Å². The fraction of sp³-hybridized carbons (Fsp3) is 0.667. The molecule has 2 aromatic heterocycles. The zero-order valence-corrected chi connectivity index (χ0v) is 15.9. The van der Waals surface area contributed by atoms with Crippen LogP contribution in [0, 0.1) is 5.92 Å². The number of aromatic nitrogens is 3. The molecule has 1 saturated carbocycles. The molecule has 3 heterocycles. The molecule has 1 aliphatic carbocycles. The molecule has 2 fully saturated rings. The Bertz CT molecular complexity index is 849. The van der Waals surface area contributed by atoms with Crippen LogP contribution in [0.4, 0.5) is 13.2 Å². The van der Waals surface area contributed by atoms with Crippen molar-refractivity contribution in [3.05, 3.63) is 24.0 Å². The largest absolute Gasteiger partial charge is 0.458 e. The average molecular weight is 381 g/mol. The molecule has 0 bridgehead atoms. The Morgan fingerprint density at radius 3 is 2.48 bits per heavy atom. The smallest absolute Gasteiger partial charge is 0.403 e. The fourth-order valence-electron chi connectivity index (χ4n) is 3.70. The molecule has 0 amide bonds. The lowest BCUT2D eigenvalue weighted by Gasteiger charge is -2.32. The minimum atomic E-state index is -4.31. The Morgan fingerprint density at radius 2 is 1.85 bits per heavy atom. The standard InChI is InChI=1S/C18H23BF3N3O2/c1-16(2)17(3,4)27-19(26-16)7-11-5-13(11)12-6-15-14(23-8-12)9-24-25(15)10-18(20,21)22/h6,8-9,11,13H,5,7,10H2,1-4H3/t11-,13+/m1/s1. The Balaban J connectivity index is 1.46. The maximum atomic E-state index is 12.7. The highest BCUT2D eigenvalue weighted by Crippen LogP contribution is 2.52.